The van der Waals surface area contributed by atoms with E-state index in [1.807, 2.05) is 61.5 Å². The molecule has 0 aliphatic carbocycles. The second-order valence-electron chi connectivity index (χ2n) is 7.76. The zero-order valence-corrected chi connectivity index (χ0v) is 18.9. The number of carbonyl (C=O) groups excluding carboxylic acids is 2. The average Bonchev–Trinajstić information content (AvgIpc) is 3.13. The Kier molecular flexibility index (Phi) is 7.35. The molecule has 0 atom stereocenters. The van der Waals surface area contributed by atoms with Gasteiger partial charge in [-0.2, -0.15) is 5.10 Å². The number of carbonyl (C=O) groups is 2. The molecule has 0 spiro atoms. The summed E-state index contributed by atoms with van der Waals surface area (Å²) in [6, 6.07) is 27.4. The van der Waals surface area contributed by atoms with Gasteiger partial charge in [-0.15, -0.1) is 0 Å². The maximum Gasteiger partial charge on any atom is 0.259 e. The third kappa shape index (κ3) is 5.69. The minimum Gasteiger partial charge on any atom is -0.484 e. The highest BCUT2D eigenvalue weighted by Gasteiger charge is 2.13. The number of ether oxygens (including phenoxy) is 1. The molecule has 0 saturated carbocycles. The second-order valence-corrected chi connectivity index (χ2v) is 7.76. The number of nitrogens with zero attached hydrogens (tertiary/aromatic N) is 2. The lowest BCUT2D eigenvalue weighted by Gasteiger charge is -2.08. The molecule has 0 aliphatic rings. The Balaban J connectivity index is 1.35. The van der Waals surface area contributed by atoms with Crippen molar-refractivity contribution in [1.29, 1.82) is 0 Å². The number of fused-ring (bicyclic) bond motifs is 1. The smallest absolute Gasteiger partial charge is 0.259 e. The minimum absolute atomic E-state index is 0.166. The molecule has 0 bridgehead atoms. The molecule has 1 heterocycles. The standard InChI is InChI=1S/C27H26N4O3/c1-20-24(23-14-8-9-15-25(23)31(20)18-21-10-4-2-5-11-21)16-29-30-26(32)17-28-27(33)19-34-22-12-6-3-7-13-22/h2-16H,17-19H2,1H3,(H,28,33)(H,30,32)/b29-16-. The van der Waals surface area contributed by atoms with Crippen molar-refractivity contribution in [2.24, 2.45) is 5.10 Å². The van der Waals surface area contributed by atoms with E-state index in [-0.39, 0.29) is 19.1 Å². The lowest BCUT2D eigenvalue weighted by Crippen LogP contribution is -2.37. The molecule has 4 rings (SSSR count). The van der Waals surface area contributed by atoms with E-state index in [1.165, 1.54) is 5.56 Å². The van der Waals surface area contributed by atoms with Crippen molar-refractivity contribution in [3.8, 4) is 5.75 Å². The Morgan fingerprint density at radius 1 is 0.912 bits per heavy atom. The van der Waals surface area contributed by atoms with Gasteiger partial charge in [0.2, 0.25) is 0 Å². The average molecular weight is 455 g/mol. The van der Waals surface area contributed by atoms with Gasteiger partial charge in [0.05, 0.1) is 12.8 Å². The summed E-state index contributed by atoms with van der Waals surface area (Å²) in [6.07, 6.45) is 1.65. The van der Waals surface area contributed by atoms with E-state index in [1.54, 1.807) is 18.3 Å². The van der Waals surface area contributed by atoms with Crippen LogP contribution in [0.3, 0.4) is 0 Å². The Morgan fingerprint density at radius 3 is 2.35 bits per heavy atom. The van der Waals surface area contributed by atoms with Crippen molar-refractivity contribution >= 4 is 28.9 Å². The molecule has 0 aliphatic heterocycles. The van der Waals surface area contributed by atoms with Crippen molar-refractivity contribution in [2.45, 2.75) is 13.5 Å². The molecule has 0 saturated heterocycles. The Morgan fingerprint density at radius 2 is 1.59 bits per heavy atom. The monoisotopic (exact) mass is 454 g/mol. The largest absolute Gasteiger partial charge is 0.484 e. The van der Waals surface area contributed by atoms with Gasteiger partial charge in [0.25, 0.3) is 11.8 Å². The molecule has 2 amide bonds. The predicted octanol–water partition coefficient (Wildman–Crippen LogP) is 3.64. The van der Waals surface area contributed by atoms with Crippen LogP contribution in [0.15, 0.2) is 90.0 Å². The summed E-state index contributed by atoms with van der Waals surface area (Å²) in [5.41, 5.74) is 6.77. The van der Waals surface area contributed by atoms with Crippen LogP contribution in [-0.2, 0) is 16.1 Å². The van der Waals surface area contributed by atoms with Crippen LogP contribution >= 0.6 is 0 Å². The third-order valence-corrected chi connectivity index (χ3v) is 5.41. The van der Waals surface area contributed by atoms with Gasteiger partial charge in [0.1, 0.15) is 5.75 Å². The van der Waals surface area contributed by atoms with Crippen LogP contribution in [0.2, 0.25) is 0 Å². The van der Waals surface area contributed by atoms with Crippen molar-refractivity contribution in [1.82, 2.24) is 15.3 Å². The molecule has 0 unspecified atom stereocenters. The molecule has 1 aromatic heterocycles. The fraction of sp³-hybridized carbons (Fsp3) is 0.148. The quantitative estimate of drug-likeness (QED) is 0.299. The van der Waals surface area contributed by atoms with E-state index in [4.69, 9.17) is 4.74 Å². The van der Waals surface area contributed by atoms with Gasteiger partial charge < -0.3 is 14.6 Å². The molecule has 4 aromatic rings. The Labute approximate surface area is 198 Å². The van der Waals surface area contributed by atoms with Crippen LogP contribution in [0.5, 0.6) is 5.75 Å². The topological polar surface area (TPSA) is 84.7 Å². The molecule has 7 nitrogen and oxygen atoms in total. The summed E-state index contributed by atoms with van der Waals surface area (Å²) >= 11 is 0. The number of hydrogen-bond acceptors (Lipinski definition) is 4. The van der Waals surface area contributed by atoms with Gasteiger partial charge in [-0.3, -0.25) is 9.59 Å². The van der Waals surface area contributed by atoms with Crippen LogP contribution in [0, 0.1) is 6.92 Å². The first-order valence-corrected chi connectivity index (χ1v) is 11.0. The zero-order chi connectivity index (χ0) is 23.8. The molecule has 172 valence electrons. The second kappa shape index (κ2) is 11.0. The van der Waals surface area contributed by atoms with E-state index in [9.17, 15) is 9.59 Å². The summed E-state index contributed by atoms with van der Waals surface area (Å²) in [5, 5.41) is 7.70. The number of hydrogen-bond donors (Lipinski definition) is 2. The van der Waals surface area contributed by atoms with Crippen LogP contribution < -0.4 is 15.5 Å². The van der Waals surface area contributed by atoms with Crippen molar-refractivity contribution in [3.63, 3.8) is 0 Å². The number of para-hydroxylation sites is 2. The first kappa shape index (κ1) is 22.8. The number of nitrogens with one attached hydrogen (secondary N) is 2. The Hall–Kier alpha value is -4.39. The van der Waals surface area contributed by atoms with Gasteiger partial charge in [0, 0.05) is 28.7 Å². The van der Waals surface area contributed by atoms with Gasteiger partial charge in [-0.1, -0.05) is 66.7 Å². The van der Waals surface area contributed by atoms with Crippen LogP contribution in [0.25, 0.3) is 10.9 Å². The lowest BCUT2D eigenvalue weighted by molar-refractivity contribution is -0.127. The maximum atomic E-state index is 12.1. The van der Waals surface area contributed by atoms with Crippen molar-refractivity contribution in [2.75, 3.05) is 13.2 Å². The maximum absolute atomic E-state index is 12.1. The van der Waals surface area contributed by atoms with Crippen LogP contribution in [-0.4, -0.2) is 35.7 Å². The van der Waals surface area contributed by atoms with E-state index in [0.717, 1.165) is 28.7 Å². The van der Waals surface area contributed by atoms with E-state index in [0.29, 0.717) is 5.75 Å². The van der Waals surface area contributed by atoms with Gasteiger partial charge in [0.15, 0.2) is 6.61 Å². The summed E-state index contributed by atoms with van der Waals surface area (Å²) in [4.78, 5) is 24.0. The molecule has 7 heteroatoms. The van der Waals surface area contributed by atoms with E-state index < -0.39 is 5.91 Å². The highest BCUT2D eigenvalue weighted by molar-refractivity contribution is 6.01. The molecule has 0 radical (unpaired) electrons. The van der Waals surface area contributed by atoms with Gasteiger partial charge in [-0.25, -0.2) is 5.43 Å². The highest BCUT2D eigenvalue weighted by atomic mass is 16.5. The fourth-order valence-electron chi connectivity index (χ4n) is 3.69. The zero-order valence-electron chi connectivity index (χ0n) is 18.9. The molecule has 34 heavy (non-hydrogen) atoms. The summed E-state index contributed by atoms with van der Waals surface area (Å²) in [6.45, 7) is 2.42. The fourth-order valence-corrected chi connectivity index (χ4v) is 3.69. The number of rotatable bonds is 9. The normalized spacial score (nSPS) is 11.0. The number of benzene rings is 3. The lowest BCUT2D eigenvalue weighted by atomic mass is 10.1. The first-order chi connectivity index (χ1) is 16.6. The minimum atomic E-state index is -0.421. The number of aromatic nitrogens is 1. The highest BCUT2D eigenvalue weighted by Crippen LogP contribution is 2.25. The molecule has 0 fully saturated rings. The summed E-state index contributed by atoms with van der Waals surface area (Å²) in [5.74, 6) is -0.216. The molecule has 3 aromatic carbocycles. The van der Waals surface area contributed by atoms with Crippen LogP contribution in [0.4, 0.5) is 0 Å². The molecule has 2 N–H and O–H groups in total. The SMILES string of the molecule is Cc1c(/C=N\NC(=O)CNC(=O)COc2ccccc2)c2ccccc2n1Cc1ccccc1. The molecular weight excluding hydrogens is 428 g/mol. The number of hydrazone groups is 1. The Bertz CT molecular complexity index is 1300. The van der Waals surface area contributed by atoms with E-state index in [2.05, 4.69) is 38.6 Å². The molecular formula is C27H26N4O3. The van der Waals surface area contributed by atoms with E-state index >= 15 is 0 Å². The third-order valence-electron chi connectivity index (χ3n) is 5.41. The first-order valence-electron chi connectivity index (χ1n) is 11.0. The summed E-state index contributed by atoms with van der Waals surface area (Å²) < 4.78 is 7.60. The van der Waals surface area contributed by atoms with Crippen LogP contribution in [0.1, 0.15) is 16.8 Å². The van der Waals surface area contributed by atoms with Crippen molar-refractivity contribution in [3.05, 3.63) is 102 Å². The number of amides is 2. The summed E-state index contributed by atoms with van der Waals surface area (Å²) in [7, 11) is 0. The van der Waals surface area contributed by atoms with Gasteiger partial charge >= 0.3 is 0 Å². The predicted molar refractivity (Wildman–Crippen MR) is 133 cm³/mol. The van der Waals surface area contributed by atoms with Crippen molar-refractivity contribution < 1.29 is 14.3 Å². The van der Waals surface area contributed by atoms with Gasteiger partial charge in [-0.05, 0) is 30.7 Å².